The lowest BCUT2D eigenvalue weighted by atomic mass is 10.1. The normalized spacial score (nSPS) is 10.7. The van der Waals surface area contributed by atoms with Crippen molar-refractivity contribution in [2.45, 2.75) is 6.92 Å². The van der Waals surface area contributed by atoms with Gasteiger partial charge < -0.3 is 9.47 Å². The van der Waals surface area contributed by atoms with Crippen molar-refractivity contribution >= 4 is 47.0 Å². The van der Waals surface area contributed by atoms with Crippen LogP contribution in [0.5, 0.6) is 11.5 Å². The van der Waals surface area contributed by atoms with Gasteiger partial charge in [0, 0.05) is 28.1 Å². The second kappa shape index (κ2) is 10.1. The maximum atomic E-state index is 12.7. The van der Waals surface area contributed by atoms with E-state index in [1.807, 2.05) is 0 Å². The van der Waals surface area contributed by atoms with Gasteiger partial charge in [0.15, 0.2) is 5.78 Å². The van der Waals surface area contributed by atoms with Crippen molar-refractivity contribution in [3.8, 4) is 11.5 Å². The number of benzene rings is 3. The lowest BCUT2D eigenvalue weighted by molar-refractivity contribution is -0.131. The number of halogens is 2. The Hall–Kier alpha value is -3.41. The van der Waals surface area contributed by atoms with E-state index in [9.17, 15) is 14.4 Å². The maximum Gasteiger partial charge on any atom is 0.347 e. The van der Waals surface area contributed by atoms with Crippen LogP contribution in [0, 0.1) is 0 Å². The molecule has 7 heteroatoms. The molecule has 0 bridgehead atoms. The monoisotopic (exact) mass is 454 g/mol. The van der Waals surface area contributed by atoms with Crippen LogP contribution in [0.15, 0.2) is 72.8 Å². The van der Waals surface area contributed by atoms with E-state index in [0.717, 1.165) is 0 Å². The first-order valence-electron chi connectivity index (χ1n) is 9.10. The van der Waals surface area contributed by atoms with Crippen molar-refractivity contribution in [2.24, 2.45) is 0 Å². The highest BCUT2D eigenvalue weighted by atomic mass is 35.5. The predicted octanol–water partition coefficient (Wildman–Crippen LogP) is 6.03. The minimum absolute atomic E-state index is 0.0832. The van der Waals surface area contributed by atoms with Crippen molar-refractivity contribution in [1.82, 2.24) is 0 Å². The van der Waals surface area contributed by atoms with Gasteiger partial charge in [-0.25, -0.2) is 4.79 Å². The molecule has 3 rings (SSSR count). The summed E-state index contributed by atoms with van der Waals surface area (Å²) >= 11 is 11.9. The average molecular weight is 455 g/mol. The fraction of sp³-hybridized carbons (Fsp3) is 0.0417. The summed E-state index contributed by atoms with van der Waals surface area (Å²) < 4.78 is 10.6. The first-order chi connectivity index (χ1) is 14.8. The van der Waals surface area contributed by atoms with Crippen molar-refractivity contribution < 1.29 is 23.9 Å². The van der Waals surface area contributed by atoms with E-state index in [1.165, 1.54) is 37.3 Å². The van der Waals surface area contributed by atoms with Gasteiger partial charge in [-0.15, -0.1) is 0 Å². The Morgan fingerprint density at radius 3 is 2.19 bits per heavy atom. The molecular formula is C24H16Cl2O5. The van der Waals surface area contributed by atoms with Crippen LogP contribution in [0.2, 0.25) is 10.0 Å². The molecule has 0 aliphatic heterocycles. The minimum atomic E-state index is -0.724. The summed E-state index contributed by atoms with van der Waals surface area (Å²) in [6.07, 6.45) is 2.85. The van der Waals surface area contributed by atoms with Crippen molar-refractivity contribution in [2.75, 3.05) is 0 Å². The smallest absolute Gasteiger partial charge is 0.347 e. The second-order valence-corrected chi connectivity index (χ2v) is 7.24. The fourth-order valence-corrected chi connectivity index (χ4v) is 2.96. The number of carbonyl (C=O) groups is 3. The van der Waals surface area contributed by atoms with Gasteiger partial charge in [-0.2, -0.15) is 0 Å². The number of carbonyl (C=O) groups excluding carboxylic acids is 3. The summed E-state index contributed by atoms with van der Waals surface area (Å²) in [4.78, 5) is 36.4. The number of hydrogen-bond acceptors (Lipinski definition) is 5. The number of para-hydroxylation sites is 1. The van der Waals surface area contributed by atoms with Gasteiger partial charge in [-0.3, -0.25) is 9.59 Å². The number of esters is 2. The summed E-state index contributed by atoms with van der Waals surface area (Å²) in [6.45, 7) is 1.24. The topological polar surface area (TPSA) is 69.7 Å². The number of allylic oxidation sites excluding steroid dienone is 1. The number of hydrogen-bond donors (Lipinski definition) is 0. The minimum Gasteiger partial charge on any atom is -0.426 e. The summed E-state index contributed by atoms with van der Waals surface area (Å²) in [7, 11) is 0. The molecule has 0 unspecified atom stereocenters. The molecule has 0 aliphatic rings. The first kappa shape index (κ1) is 22.3. The maximum absolute atomic E-state index is 12.7. The molecule has 156 valence electrons. The van der Waals surface area contributed by atoms with Crippen molar-refractivity contribution in [1.29, 1.82) is 0 Å². The molecule has 0 fully saturated rings. The zero-order chi connectivity index (χ0) is 22.4. The zero-order valence-corrected chi connectivity index (χ0v) is 17.8. The van der Waals surface area contributed by atoms with Gasteiger partial charge in [-0.05, 0) is 66.7 Å². The van der Waals surface area contributed by atoms with Gasteiger partial charge >= 0.3 is 11.9 Å². The van der Waals surface area contributed by atoms with Crippen LogP contribution in [0.25, 0.3) is 6.08 Å². The lowest BCUT2D eigenvalue weighted by Gasteiger charge is -2.11. The van der Waals surface area contributed by atoms with E-state index in [-0.39, 0.29) is 22.8 Å². The Bertz CT molecular complexity index is 1170. The van der Waals surface area contributed by atoms with E-state index in [2.05, 4.69) is 0 Å². The number of ketones is 1. The molecule has 0 heterocycles. The predicted molar refractivity (Wildman–Crippen MR) is 119 cm³/mol. The Morgan fingerprint density at radius 1 is 0.806 bits per heavy atom. The molecule has 0 aromatic heterocycles. The fourth-order valence-electron chi connectivity index (χ4n) is 2.65. The highest BCUT2D eigenvalue weighted by molar-refractivity contribution is 6.31. The Balaban J connectivity index is 1.85. The van der Waals surface area contributed by atoms with Crippen LogP contribution in [-0.2, 0) is 4.79 Å². The average Bonchev–Trinajstić information content (AvgIpc) is 2.74. The molecule has 0 saturated carbocycles. The van der Waals surface area contributed by atoms with Crippen molar-refractivity contribution in [3.63, 3.8) is 0 Å². The van der Waals surface area contributed by atoms with Crippen LogP contribution in [0.3, 0.4) is 0 Å². The van der Waals surface area contributed by atoms with Crippen LogP contribution < -0.4 is 9.47 Å². The summed E-state index contributed by atoms with van der Waals surface area (Å²) in [5.41, 5.74) is 0.962. The van der Waals surface area contributed by atoms with Gasteiger partial charge in [-0.1, -0.05) is 35.3 Å². The molecular weight excluding hydrogens is 439 g/mol. The third-order valence-electron chi connectivity index (χ3n) is 4.08. The standard InChI is InChI=1S/C24H16Cl2O5/c1-15(27)30-23-5-3-2-4-20(23)24(29)31-22-13-11-19(26)14-17(22)8-12-21(28)16-6-9-18(25)10-7-16/h2-14H,1H3/b12-8+. The summed E-state index contributed by atoms with van der Waals surface area (Å²) in [6, 6.07) is 17.3. The molecule has 0 amide bonds. The molecule has 0 radical (unpaired) electrons. The molecule has 5 nitrogen and oxygen atoms in total. The van der Waals surface area contributed by atoms with E-state index in [4.69, 9.17) is 32.7 Å². The van der Waals surface area contributed by atoms with Crippen LogP contribution in [0.4, 0.5) is 0 Å². The highest BCUT2D eigenvalue weighted by Gasteiger charge is 2.17. The van der Waals surface area contributed by atoms with Crippen LogP contribution >= 0.6 is 23.2 Å². The van der Waals surface area contributed by atoms with E-state index in [1.54, 1.807) is 48.5 Å². The van der Waals surface area contributed by atoms with Crippen molar-refractivity contribution in [3.05, 3.63) is 99.5 Å². The highest BCUT2D eigenvalue weighted by Crippen LogP contribution is 2.27. The molecule has 0 atom stereocenters. The van der Waals surface area contributed by atoms with Gasteiger partial charge in [0.2, 0.25) is 0 Å². The lowest BCUT2D eigenvalue weighted by Crippen LogP contribution is -2.13. The quantitative estimate of drug-likeness (QED) is 0.196. The summed E-state index contributed by atoms with van der Waals surface area (Å²) in [5, 5.41) is 0.928. The molecule has 0 saturated heterocycles. The van der Waals surface area contributed by atoms with Gasteiger partial charge in [0.1, 0.15) is 17.1 Å². The number of ether oxygens (including phenoxy) is 2. The number of rotatable bonds is 6. The molecule has 31 heavy (non-hydrogen) atoms. The largest absolute Gasteiger partial charge is 0.426 e. The molecule has 3 aromatic carbocycles. The molecule has 0 aliphatic carbocycles. The molecule has 0 spiro atoms. The van der Waals surface area contributed by atoms with Gasteiger partial charge in [0.05, 0.1) is 0 Å². The molecule has 3 aromatic rings. The van der Waals surface area contributed by atoms with E-state index in [0.29, 0.717) is 21.2 Å². The van der Waals surface area contributed by atoms with Gasteiger partial charge in [0.25, 0.3) is 0 Å². The Morgan fingerprint density at radius 2 is 1.48 bits per heavy atom. The van der Waals surface area contributed by atoms with Crippen LogP contribution in [-0.4, -0.2) is 17.7 Å². The summed E-state index contributed by atoms with van der Waals surface area (Å²) in [5.74, 6) is -1.26. The SMILES string of the molecule is CC(=O)Oc1ccccc1C(=O)Oc1ccc(Cl)cc1/C=C/C(=O)c1ccc(Cl)cc1. The van der Waals surface area contributed by atoms with E-state index >= 15 is 0 Å². The third-order valence-corrected chi connectivity index (χ3v) is 4.57. The third kappa shape index (κ3) is 6.04. The Kier molecular flexibility index (Phi) is 7.23. The van der Waals surface area contributed by atoms with Crippen LogP contribution in [0.1, 0.15) is 33.2 Å². The zero-order valence-electron chi connectivity index (χ0n) is 16.3. The molecule has 0 N–H and O–H groups in total. The second-order valence-electron chi connectivity index (χ2n) is 6.37. The Labute approximate surface area is 188 Å². The first-order valence-corrected chi connectivity index (χ1v) is 9.86. The van der Waals surface area contributed by atoms with E-state index < -0.39 is 11.9 Å².